The summed E-state index contributed by atoms with van der Waals surface area (Å²) in [5, 5.41) is 10.6. The van der Waals surface area contributed by atoms with Gasteiger partial charge in [0.05, 0.1) is 5.75 Å². The molecule has 188 valence electrons. The molecule has 3 heterocycles. The second-order valence-electron chi connectivity index (χ2n) is 10.1. The summed E-state index contributed by atoms with van der Waals surface area (Å²) >= 11 is 0. The first-order chi connectivity index (χ1) is 16.1. The van der Waals surface area contributed by atoms with Crippen LogP contribution in [0.1, 0.15) is 46.5 Å². The number of hydrogen-bond donors (Lipinski definition) is 3. The van der Waals surface area contributed by atoms with Gasteiger partial charge in [0.1, 0.15) is 11.1 Å². The molecule has 0 spiro atoms. The fraction of sp³-hybridized carbons (Fsp3) is 0.682. The predicted octanol–water partition coefficient (Wildman–Crippen LogP) is 1.96. The highest BCUT2D eigenvalue weighted by molar-refractivity contribution is 7.89. The van der Waals surface area contributed by atoms with Crippen LogP contribution < -0.4 is 20.3 Å². The molecule has 3 N–H and O–H groups in total. The number of carbonyl (C=O) groups is 1. The number of anilines is 2. The highest BCUT2D eigenvalue weighted by Gasteiger charge is 2.30. The monoisotopic (exact) mass is 493 g/mol. The zero-order valence-corrected chi connectivity index (χ0v) is 20.9. The molecule has 2 aliphatic rings. The van der Waals surface area contributed by atoms with Gasteiger partial charge in [-0.05, 0) is 45.7 Å². The Morgan fingerprint density at radius 2 is 1.97 bits per heavy atom. The third kappa shape index (κ3) is 6.50. The van der Waals surface area contributed by atoms with Gasteiger partial charge in [-0.2, -0.15) is 4.98 Å². The van der Waals surface area contributed by atoms with Crippen LogP contribution in [0.3, 0.4) is 0 Å². The molecule has 34 heavy (non-hydrogen) atoms. The van der Waals surface area contributed by atoms with E-state index in [9.17, 15) is 13.2 Å². The summed E-state index contributed by atoms with van der Waals surface area (Å²) in [6.07, 6.45) is 5.41. The van der Waals surface area contributed by atoms with Crippen molar-refractivity contribution in [2.24, 2.45) is 5.92 Å². The Labute approximate surface area is 200 Å². The van der Waals surface area contributed by atoms with Gasteiger partial charge in [0.25, 0.3) is 0 Å². The standard InChI is InChI=1S/C22H35N7O4S/c1-22(2,3)33-21(30)24-13-16-14-28(15-16)20-25-19(18-9-6-11-29(18)26-20)23-10-12-34(31,32)27-17-7-4-5-8-17/h6,9,11,16-17,27H,4-5,7-8,10,12-15H2,1-3H3,(H,24,30)(H,23,25,26). The van der Waals surface area contributed by atoms with E-state index in [-0.39, 0.29) is 24.3 Å². The smallest absolute Gasteiger partial charge is 0.407 e. The zero-order chi connectivity index (χ0) is 24.3. The van der Waals surface area contributed by atoms with Gasteiger partial charge in [-0.25, -0.2) is 22.4 Å². The summed E-state index contributed by atoms with van der Waals surface area (Å²) in [5.41, 5.74) is 0.263. The Hall–Kier alpha value is -2.60. The van der Waals surface area contributed by atoms with Crippen molar-refractivity contribution in [2.45, 2.75) is 58.1 Å². The van der Waals surface area contributed by atoms with Crippen LogP contribution in [-0.4, -0.2) is 72.7 Å². The maximum atomic E-state index is 12.4. The number of nitrogens with one attached hydrogen (secondary N) is 3. The van der Waals surface area contributed by atoms with Crippen molar-refractivity contribution in [1.82, 2.24) is 24.6 Å². The van der Waals surface area contributed by atoms with Gasteiger partial charge in [-0.15, -0.1) is 5.10 Å². The minimum absolute atomic E-state index is 0.0160. The molecular weight excluding hydrogens is 458 g/mol. The van der Waals surface area contributed by atoms with E-state index in [2.05, 4.69) is 25.4 Å². The number of carbonyl (C=O) groups excluding carboxylic acids is 1. The van der Waals surface area contributed by atoms with Gasteiger partial charge in [-0.3, -0.25) is 0 Å². The maximum absolute atomic E-state index is 12.4. The number of alkyl carbamates (subject to hydrolysis) is 1. The third-order valence-corrected chi connectivity index (χ3v) is 7.35. The summed E-state index contributed by atoms with van der Waals surface area (Å²) < 4.78 is 34.6. The van der Waals surface area contributed by atoms with Crippen LogP contribution in [0.4, 0.5) is 16.6 Å². The lowest BCUT2D eigenvalue weighted by Gasteiger charge is -2.39. The molecule has 1 saturated heterocycles. The fourth-order valence-corrected chi connectivity index (χ4v) is 5.48. The van der Waals surface area contributed by atoms with Crippen LogP contribution in [0, 0.1) is 5.92 Å². The van der Waals surface area contributed by atoms with E-state index in [0.29, 0.717) is 31.4 Å². The van der Waals surface area contributed by atoms with E-state index in [1.54, 1.807) is 4.52 Å². The quantitative estimate of drug-likeness (QED) is 0.483. The van der Waals surface area contributed by atoms with Gasteiger partial charge in [0.15, 0.2) is 5.82 Å². The SMILES string of the molecule is CC(C)(C)OC(=O)NCC1CN(c2nc(NCCS(=O)(=O)NC3CCCC3)c3cccn3n2)C1. The second-order valence-corrected chi connectivity index (χ2v) is 12.0. The number of aromatic nitrogens is 3. The van der Waals surface area contributed by atoms with Gasteiger partial charge in [-0.1, -0.05) is 12.8 Å². The number of nitrogens with zero attached hydrogens (tertiary/aromatic N) is 4. The number of sulfonamides is 1. The number of ether oxygens (including phenoxy) is 1. The first kappa shape index (κ1) is 24.5. The van der Waals surface area contributed by atoms with Crippen molar-refractivity contribution >= 4 is 33.4 Å². The van der Waals surface area contributed by atoms with E-state index in [1.165, 1.54) is 0 Å². The number of amides is 1. The molecule has 0 aromatic carbocycles. The minimum atomic E-state index is -3.35. The molecule has 2 fully saturated rings. The van der Waals surface area contributed by atoms with Crippen LogP contribution in [0.25, 0.3) is 5.52 Å². The lowest BCUT2D eigenvalue weighted by molar-refractivity contribution is 0.0516. The first-order valence-corrected chi connectivity index (χ1v) is 13.5. The zero-order valence-electron chi connectivity index (χ0n) is 20.1. The van der Waals surface area contributed by atoms with E-state index in [0.717, 1.165) is 31.2 Å². The topological polar surface area (TPSA) is 130 Å². The van der Waals surface area contributed by atoms with Crippen molar-refractivity contribution in [3.63, 3.8) is 0 Å². The molecule has 12 heteroatoms. The molecule has 1 aliphatic heterocycles. The van der Waals surface area contributed by atoms with Crippen molar-refractivity contribution in [2.75, 3.05) is 42.1 Å². The predicted molar refractivity (Wildman–Crippen MR) is 131 cm³/mol. The Morgan fingerprint density at radius 3 is 2.68 bits per heavy atom. The highest BCUT2D eigenvalue weighted by atomic mass is 32.2. The molecule has 1 amide bonds. The molecule has 0 bridgehead atoms. The third-order valence-electron chi connectivity index (χ3n) is 5.92. The van der Waals surface area contributed by atoms with Crippen LogP contribution in [-0.2, 0) is 14.8 Å². The largest absolute Gasteiger partial charge is 0.444 e. The van der Waals surface area contributed by atoms with Gasteiger partial charge in [0, 0.05) is 44.3 Å². The Kier molecular flexibility index (Phi) is 7.17. The number of rotatable bonds is 9. The minimum Gasteiger partial charge on any atom is -0.444 e. The second kappa shape index (κ2) is 9.95. The molecule has 2 aromatic heterocycles. The summed E-state index contributed by atoms with van der Waals surface area (Å²) in [7, 11) is -3.35. The Bertz CT molecular complexity index is 1100. The highest BCUT2D eigenvalue weighted by Crippen LogP contribution is 2.24. The fourth-order valence-electron chi connectivity index (χ4n) is 4.25. The summed E-state index contributed by atoms with van der Waals surface area (Å²) in [6, 6.07) is 3.83. The van der Waals surface area contributed by atoms with Crippen molar-refractivity contribution in [3.05, 3.63) is 18.3 Å². The lowest BCUT2D eigenvalue weighted by Crippen LogP contribution is -2.52. The van der Waals surface area contributed by atoms with E-state index in [1.807, 2.05) is 44.0 Å². The molecule has 0 atom stereocenters. The van der Waals surface area contributed by atoms with Crippen LogP contribution >= 0.6 is 0 Å². The average molecular weight is 494 g/mol. The Morgan fingerprint density at radius 1 is 1.24 bits per heavy atom. The average Bonchev–Trinajstić information content (AvgIpc) is 3.36. The molecule has 0 radical (unpaired) electrons. The molecule has 0 unspecified atom stereocenters. The van der Waals surface area contributed by atoms with E-state index < -0.39 is 21.7 Å². The van der Waals surface area contributed by atoms with Crippen LogP contribution in [0.15, 0.2) is 18.3 Å². The first-order valence-electron chi connectivity index (χ1n) is 11.9. The van der Waals surface area contributed by atoms with E-state index in [4.69, 9.17) is 4.74 Å². The van der Waals surface area contributed by atoms with Gasteiger partial charge >= 0.3 is 6.09 Å². The number of hydrogen-bond acceptors (Lipinski definition) is 8. The molecular formula is C22H35N7O4S. The summed E-state index contributed by atoms with van der Waals surface area (Å²) in [4.78, 5) is 18.5. The normalized spacial score (nSPS) is 17.7. The molecule has 2 aromatic rings. The van der Waals surface area contributed by atoms with Crippen molar-refractivity contribution < 1.29 is 17.9 Å². The molecule has 4 rings (SSSR count). The molecule has 1 aliphatic carbocycles. The van der Waals surface area contributed by atoms with Crippen molar-refractivity contribution in [3.8, 4) is 0 Å². The van der Waals surface area contributed by atoms with Crippen LogP contribution in [0.2, 0.25) is 0 Å². The molecule has 11 nitrogen and oxygen atoms in total. The van der Waals surface area contributed by atoms with Crippen LogP contribution in [0.5, 0.6) is 0 Å². The van der Waals surface area contributed by atoms with Crippen molar-refractivity contribution in [1.29, 1.82) is 0 Å². The van der Waals surface area contributed by atoms with Gasteiger partial charge < -0.3 is 20.3 Å². The maximum Gasteiger partial charge on any atom is 0.407 e. The summed E-state index contributed by atoms with van der Waals surface area (Å²) in [5.74, 6) is 1.42. The Balaban J connectivity index is 1.31. The summed E-state index contributed by atoms with van der Waals surface area (Å²) in [6.45, 7) is 7.69. The lowest BCUT2D eigenvalue weighted by atomic mass is 10.0. The molecule has 1 saturated carbocycles. The van der Waals surface area contributed by atoms with E-state index >= 15 is 0 Å². The van der Waals surface area contributed by atoms with Gasteiger partial charge in [0.2, 0.25) is 16.0 Å². The number of fused-ring (bicyclic) bond motifs is 1.